The molecule has 3 heteroatoms. The van der Waals surface area contributed by atoms with Crippen LogP contribution in [0.25, 0.3) is 11.0 Å². The van der Waals surface area contributed by atoms with E-state index in [4.69, 9.17) is 10.2 Å². The molecule has 0 radical (unpaired) electrons. The van der Waals surface area contributed by atoms with E-state index in [-0.39, 0.29) is 11.9 Å². The van der Waals surface area contributed by atoms with Crippen molar-refractivity contribution in [2.24, 2.45) is 5.73 Å². The van der Waals surface area contributed by atoms with Crippen molar-refractivity contribution in [2.45, 2.75) is 19.4 Å². The van der Waals surface area contributed by atoms with Crippen LogP contribution in [0.4, 0.5) is 4.39 Å². The molecular weight excluding hydrogens is 253 g/mol. The fourth-order valence-electron chi connectivity index (χ4n) is 2.59. The number of hydrogen-bond acceptors (Lipinski definition) is 2. The Morgan fingerprint density at radius 2 is 1.95 bits per heavy atom. The molecule has 0 aliphatic heterocycles. The average molecular weight is 269 g/mol. The largest absolute Gasteiger partial charge is 0.461 e. The van der Waals surface area contributed by atoms with Crippen LogP contribution in [0.3, 0.4) is 0 Å². The minimum atomic E-state index is -0.385. The highest BCUT2D eigenvalue weighted by Crippen LogP contribution is 2.33. The summed E-state index contributed by atoms with van der Waals surface area (Å²) in [6, 6.07) is 13.8. The molecule has 1 aromatic heterocycles. The minimum Gasteiger partial charge on any atom is -0.461 e. The second kappa shape index (κ2) is 5.10. The molecule has 0 amide bonds. The Morgan fingerprint density at radius 1 is 1.15 bits per heavy atom. The Hall–Kier alpha value is -2.13. The number of furan rings is 1. The van der Waals surface area contributed by atoms with Gasteiger partial charge in [0.15, 0.2) is 0 Å². The molecule has 0 aliphatic carbocycles. The normalized spacial score (nSPS) is 12.8. The van der Waals surface area contributed by atoms with Gasteiger partial charge in [0.25, 0.3) is 0 Å². The van der Waals surface area contributed by atoms with Gasteiger partial charge in [-0.05, 0) is 23.8 Å². The van der Waals surface area contributed by atoms with Crippen molar-refractivity contribution in [3.05, 3.63) is 71.2 Å². The number of para-hydroxylation sites is 1. The van der Waals surface area contributed by atoms with Gasteiger partial charge in [-0.3, -0.25) is 0 Å². The van der Waals surface area contributed by atoms with Crippen LogP contribution < -0.4 is 5.73 Å². The lowest BCUT2D eigenvalue weighted by Gasteiger charge is -2.12. The van der Waals surface area contributed by atoms with E-state index in [1.165, 1.54) is 12.1 Å². The van der Waals surface area contributed by atoms with Crippen molar-refractivity contribution in [3.63, 3.8) is 0 Å². The first-order valence-electron chi connectivity index (χ1n) is 6.72. The molecule has 0 spiro atoms. The van der Waals surface area contributed by atoms with Crippen molar-refractivity contribution < 1.29 is 8.81 Å². The second-order valence-corrected chi connectivity index (χ2v) is 4.82. The average Bonchev–Trinajstić information content (AvgIpc) is 2.85. The van der Waals surface area contributed by atoms with Gasteiger partial charge in [-0.2, -0.15) is 0 Å². The first kappa shape index (κ1) is 12.9. The van der Waals surface area contributed by atoms with Crippen LogP contribution in [0.15, 0.2) is 52.9 Å². The van der Waals surface area contributed by atoms with Crippen LogP contribution in [-0.2, 0) is 6.42 Å². The van der Waals surface area contributed by atoms with Crippen LogP contribution in [0.2, 0.25) is 0 Å². The highest BCUT2D eigenvalue weighted by Gasteiger charge is 2.20. The predicted molar refractivity (Wildman–Crippen MR) is 78.0 cm³/mol. The highest BCUT2D eigenvalue weighted by molar-refractivity contribution is 5.83. The Balaban J connectivity index is 2.17. The third-order valence-corrected chi connectivity index (χ3v) is 3.55. The summed E-state index contributed by atoms with van der Waals surface area (Å²) in [5.41, 5.74) is 8.88. The van der Waals surface area contributed by atoms with Crippen LogP contribution in [0.5, 0.6) is 0 Å². The SMILES string of the molecule is CCc1oc2ccccc2c1C(N)c1cccc(F)c1. The lowest BCUT2D eigenvalue weighted by molar-refractivity contribution is 0.546. The van der Waals surface area contributed by atoms with Gasteiger partial charge < -0.3 is 10.2 Å². The van der Waals surface area contributed by atoms with Crippen molar-refractivity contribution >= 4 is 11.0 Å². The van der Waals surface area contributed by atoms with Gasteiger partial charge in [-0.15, -0.1) is 0 Å². The fraction of sp³-hybridized carbons (Fsp3) is 0.176. The monoisotopic (exact) mass is 269 g/mol. The van der Waals surface area contributed by atoms with E-state index in [2.05, 4.69) is 0 Å². The summed E-state index contributed by atoms with van der Waals surface area (Å²) in [5.74, 6) is 0.590. The predicted octanol–water partition coefficient (Wildman–Crippen LogP) is 4.18. The molecule has 1 unspecified atom stereocenters. The number of benzene rings is 2. The quantitative estimate of drug-likeness (QED) is 0.774. The maximum Gasteiger partial charge on any atom is 0.134 e. The van der Waals surface area contributed by atoms with E-state index >= 15 is 0 Å². The summed E-state index contributed by atoms with van der Waals surface area (Å²) in [7, 11) is 0. The molecule has 0 fully saturated rings. The lowest BCUT2D eigenvalue weighted by Crippen LogP contribution is -2.13. The topological polar surface area (TPSA) is 39.2 Å². The Kier molecular flexibility index (Phi) is 3.28. The third-order valence-electron chi connectivity index (χ3n) is 3.55. The number of hydrogen-bond donors (Lipinski definition) is 1. The molecule has 20 heavy (non-hydrogen) atoms. The first-order valence-corrected chi connectivity index (χ1v) is 6.72. The van der Waals surface area contributed by atoms with Gasteiger partial charge in [0.2, 0.25) is 0 Å². The molecule has 0 saturated carbocycles. The number of aryl methyl sites for hydroxylation is 1. The van der Waals surface area contributed by atoms with E-state index in [1.807, 2.05) is 37.3 Å². The molecule has 1 atom stereocenters. The Morgan fingerprint density at radius 3 is 2.70 bits per heavy atom. The van der Waals surface area contributed by atoms with Crippen molar-refractivity contribution in [2.75, 3.05) is 0 Å². The Bertz CT molecular complexity index is 748. The number of nitrogens with two attached hydrogens (primary N) is 1. The molecule has 2 nitrogen and oxygen atoms in total. The molecule has 102 valence electrons. The molecule has 0 bridgehead atoms. The molecule has 0 aliphatic rings. The zero-order chi connectivity index (χ0) is 14.1. The zero-order valence-electron chi connectivity index (χ0n) is 11.3. The van der Waals surface area contributed by atoms with Crippen LogP contribution in [0.1, 0.15) is 29.9 Å². The maximum absolute atomic E-state index is 13.4. The summed E-state index contributed by atoms with van der Waals surface area (Å²) < 4.78 is 19.2. The zero-order valence-corrected chi connectivity index (χ0v) is 11.3. The van der Waals surface area contributed by atoms with Crippen LogP contribution in [0, 0.1) is 5.82 Å². The molecule has 2 aromatic carbocycles. The van der Waals surface area contributed by atoms with Gasteiger partial charge in [0, 0.05) is 17.4 Å². The van der Waals surface area contributed by atoms with Gasteiger partial charge in [0.1, 0.15) is 17.2 Å². The molecule has 3 aromatic rings. The summed E-state index contributed by atoms with van der Waals surface area (Å²) >= 11 is 0. The highest BCUT2D eigenvalue weighted by atomic mass is 19.1. The standard InChI is InChI=1S/C17H16FNO/c1-2-14-16(13-8-3-4-9-15(13)20-14)17(19)11-6-5-7-12(18)10-11/h3-10,17H,2,19H2,1H3. The third kappa shape index (κ3) is 2.10. The fourth-order valence-corrected chi connectivity index (χ4v) is 2.59. The molecule has 1 heterocycles. The van der Waals surface area contributed by atoms with Gasteiger partial charge in [-0.1, -0.05) is 37.3 Å². The van der Waals surface area contributed by atoms with E-state index < -0.39 is 0 Å². The molecular formula is C17H16FNO. The van der Waals surface area contributed by atoms with E-state index in [9.17, 15) is 4.39 Å². The van der Waals surface area contributed by atoms with Gasteiger partial charge in [0.05, 0.1) is 6.04 Å². The smallest absolute Gasteiger partial charge is 0.134 e. The van der Waals surface area contributed by atoms with E-state index in [1.54, 1.807) is 6.07 Å². The number of rotatable bonds is 3. The summed E-state index contributed by atoms with van der Waals surface area (Å²) in [6.07, 6.45) is 0.757. The lowest BCUT2D eigenvalue weighted by atomic mass is 9.96. The summed E-state index contributed by atoms with van der Waals surface area (Å²) in [4.78, 5) is 0. The van der Waals surface area contributed by atoms with E-state index in [0.29, 0.717) is 0 Å². The van der Waals surface area contributed by atoms with Crippen molar-refractivity contribution in [1.82, 2.24) is 0 Å². The van der Waals surface area contributed by atoms with Crippen LogP contribution in [-0.4, -0.2) is 0 Å². The summed E-state index contributed by atoms with van der Waals surface area (Å²) in [6.45, 7) is 2.03. The van der Waals surface area contributed by atoms with Gasteiger partial charge in [-0.25, -0.2) is 4.39 Å². The van der Waals surface area contributed by atoms with Crippen molar-refractivity contribution in [1.29, 1.82) is 0 Å². The van der Waals surface area contributed by atoms with E-state index in [0.717, 1.165) is 34.3 Å². The molecule has 0 saturated heterocycles. The summed E-state index contributed by atoms with van der Waals surface area (Å²) in [5, 5.41) is 1.00. The number of fused-ring (bicyclic) bond motifs is 1. The van der Waals surface area contributed by atoms with Crippen molar-refractivity contribution in [3.8, 4) is 0 Å². The second-order valence-electron chi connectivity index (χ2n) is 4.82. The van der Waals surface area contributed by atoms with Crippen LogP contribution >= 0.6 is 0 Å². The Labute approximate surface area is 117 Å². The minimum absolute atomic E-state index is 0.274. The molecule has 3 rings (SSSR count). The maximum atomic E-state index is 13.4. The van der Waals surface area contributed by atoms with Gasteiger partial charge >= 0.3 is 0 Å². The number of halogens is 1. The molecule has 2 N–H and O–H groups in total. The first-order chi connectivity index (χ1) is 9.70.